The maximum atomic E-state index is 14.6. The molecule has 0 fully saturated rings. The first kappa shape index (κ1) is 21.3. The molecule has 9 nitrogen and oxygen atoms in total. The van der Waals surface area contributed by atoms with Crippen LogP contribution in [-0.4, -0.2) is 37.4 Å². The Bertz CT molecular complexity index is 1260. The van der Waals surface area contributed by atoms with Crippen molar-refractivity contribution < 1.29 is 9.18 Å². The number of nitrogens with two attached hydrogens (primary N) is 1. The molecule has 4 N–H and O–H groups in total. The van der Waals surface area contributed by atoms with E-state index >= 15 is 0 Å². The summed E-state index contributed by atoms with van der Waals surface area (Å²) in [7, 11) is 0. The molecule has 1 aromatic carbocycles. The monoisotopic (exact) mass is 464 g/mol. The van der Waals surface area contributed by atoms with Crippen LogP contribution in [-0.2, 0) is 18.6 Å². The number of amidine groups is 1. The van der Waals surface area contributed by atoms with Crippen LogP contribution in [0.1, 0.15) is 28.7 Å². The first-order chi connectivity index (χ1) is 15.9. The van der Waals surface area contributed by atoms with Crippen molar-refractivity contribution in [2.24, 2.45) is 10.7 Å². The van der Waals surface area contributed by atoms with Crippen LogP contribution < -0.4 is 16.4 Å². The predicted octanol–water partition coefficient (Wildman–Crippen LogP) is 2.63. The molecule has 0 bridgehead atoms. The van der Waals surface area contributed by atoms with Crippen LogP contribution in [0.3, 0.4) is 0 Å². The third-order valence-electron chi connectivity index (χ3n) is 5.51. The Labute approximate surface area is 193 Å². The minimum absolute atomic E-state index is 0.137. The molecular formula is C22H21FN8OS. The molecule has 2 aliphatic rings. The number of carbonyl (C=O) groups is 1. The van der Waals surface area contributed by atoms with E-state index in [1.165, 1.54) is 36.3 Å². The van der Waals surface area contributed by atoms with Crippen molar-refractivity contribution >= 4 is 28.5 Å². The van der Waals surface area contributed by atoms with E-state index in [4.69, 9.17) is 5.73 Å². The maximum absolute atomic E-state index is 14.6. The van der Waals surface area contributed by atoms with Gasteiger partial charge in [-0.1, -0.05) is 11.8 Å². The molecule has 5 rings (SSSR count). The van der Waals surface area contributed by atoms with Crippen LogP contribution in [0, 0.1) is 5.82 Å². The highest BCUT2D eigenvalue weighted by Gasteiger charge is 2.29. The number of aliphatic imine (C=N–C) groups is 1. The molecule has 11 heteroatoms. The van der Waals surface area contributed by atoms with Gasteiger partial charge in [0.25, 0.3) is 5.91 Å². The summed E-state index contributed by atoms with van der Waals surface area (Å²) >= 11 is 1.27. The Morgan fingerprint density at radius 1 is 1.27 bits per heavy atom. The van der Waals surface area contributed by atoms with E-state index in [1.54, 1.807) is 24.5 Å². The van der Waals surface area contributed by atoms with Crippen molar-refractivity contribution in [2.75, 3.05) is 11.9 Å². The second-order valence-electron chi connectivity index (χ2n) is 7.87. The van der Waals surface area contributed by atoms with E-state index in [2.05, 4.69) is 30.7 Å². The summed E-state index contributed by atoms with van der Waals surface area (Å²) < 4.78 is 16.5. The minimum Gasteiger partial charge on any atom is -0.378 e. The summed E-state index contributed by atoms with van der Waals surface area (Å²) in [6, 6.07) is 6.29. The van der Waals surface area contributed by atoms with Gasteiger partial charge in [-0.15, -0.1) is 0 Å². The predicted molar refractivity (Wildman–Crippen MR) is 125 cm³/mol. The van der Waals surface area contributed by atoms with Gasteiger partial charge in [-0.2, -0.15) is 5.10 Å². The first-order valence-electron chi connectivity index (χ1n) is 10.3. The Morgan fingerprint density at radius 2 is 2.15 bits per heavy atom. The molecule has 1 amide bonds. The van der Waals surface area contributed by atoms with Gasteiger partial charge in [0.1, 0.15) is 28.4 Å². The van der Waals surface area contributed by atoms with Gasteiger partial charge in [-0.3, -0.25) is 14.5 Å². The number of hydrogen-bond acceptors (Lipinski definition) is 8. The highest BCUT2D eigenvalue weighted by Crippen LogP contribution is 2.35. The summed E-state index contributed by atoms with van der Waals surface area (Å²) in [5, 5.41) is 12.7. The number of carbonyl (C=O) groups excluding carboxylic acids is 1. The average Bonchev–Trinajstić information content (AvgIpc) is 3.24. The lowest BCUT2D eigenvalue weighted by molar-refractivity contribution is 0.102. The number of amides is 1. The summed E-state index contributed by atoms with van der Waals surface area (Å²) in [6.45, 7) is 4.19. The number of benzene rings is 1. The fourth-order valence-electron chi connectivity index (χ4n) is 3.76. The number of nitrogens with zero attached hydrogens (tertiary/aromatic N) is 5. The van der Waals surface area contributed by atoms with E-state index in [-0.39, 0.29) is 5.69 Å². The Hall–Kier alpha value is -3.57. The molecule has 2 aromatic heterocycles. The summed E-state index contributed by atoms with van der Waals surface area (Å²) in [5.74, 6) is -0.895. The molecule has 0 aliphatic carbocycles. The van der Waals surface area contributed by atoms with Gasteiger partial charge in [-0.05, 0) is 42.7 Å². The zero-order valence-electron chi connectivity index (χ0n) is 17.7. The van der Waals surface area contributed by atoms with E-state index in [9.17, 15) is 9.18 Å². The van der Waals surface area contributed by atoms with Gasteiger partial charge in [0, 0.05) is 24.3 Å². The Kier molecular flexibility index (Phi) is 5.43. The summed E-state index contributed by atoms with van der Waals surface area (Å²) in [5.41, 5.74) is 8.10. The van der Waals surface area contributed by atoms with Crippen LogP contribution in [0.25, 0.3) is 11.4 Å². The van der Waals surface area contributed by atoms with E-state index in [1.807, 2.05) is 10.7 Å². The average molecular weight is 465 g/mol. The van der Waals surface area contributed by atoms with Crippen LogP contribution in [0.4, 0.5) is 10.1 Å². The minimum atomic E-state index is -0.957. The number of aromatic nitrogens is 4. The Balaban J connectivity index is 1.34. The zero-order chi connectivity index (χ0) is 23.0. The van der Waals surface area contributed by atoms with Gasteiger partial charge >= 0.3 is 0 Å². The van der Waals surface area contributed by atoms with E-state index in [0.29, 0.717) is 27.8 Å². The van der Waals surface area contributed by atoms with Crippen molar-refractivity contribution in [3.8, 4) is 11.4 Å². The van der Waals surface area contributed by atoms with E-state index < -0.39 is 17.3 Å². The molecule has 0 spiro atoms. The standard InChI is InChI=1S/C22H21FN8OS/c1-22(4-7-33-21(24)29-22)15-8-13(2-3-16(15)23)28-20(32)19-12-26-18(11-27-19)17-9-14-10-25-5-6-31(14)30-17/h2-4,7-9,11-12,25H,5-6,10H2,1H3,(H2,24,29)(H,28,32)/t22-/m0/s1. The van der Waals surface area contributed by atoms with Crippen LogP contribution in [0.15, 0.2) is 53.1 Å². The molecule has 33 heavy (non-hydrogen) atoms. The number of halogens is 1. The second-order valence-corrected chi connectivity index (χ2v) is 8.80. The van der Waals surface area contributed by atoms with Crippen LogP contribution in [0.5, 0.6) is 0 Å². The quantitative estimate of drug-likeness (QED) is 0.542. The molecular weight excluding hydrogens is 443 g/mol. The summed E-state index contributed by atoms with van der Waals surface area (Å²) in [4.78, 5) is 25.7. The highest BCUT2D eigenvalue weighted by molar-refractivity contribution is 8.16. The van der Waals surface area contributed by atoms with Gasteiger partial charge in [0.05, 0.1) is 24.6 Å². The SMILES string of the molecule is C[C@@]1(c2cc(NC(=O)c3cnc(-c4cc5n(n4)CCNC5)cn3)ccc2F)C=CSC(N)=N1. The Morgan fingerprint density at radius 3 is 2.91 bits per heavy atom. The van der Waals surface area contributed by atoms with Crippen molar-refractivity contribution in [1.82, 2.24) is 25.1 Å². The molecule has 0 radical (unpaired) electrons. The molecule has 3 aromatic rings. The number of rotatable bonds is 4. The second kappa shape index (κ2) is 8.41. The van der Waals surface area contributed by atoms with Crippen LogP contribution >= 0.6 is 11.8 Å². The normalized spacial score (nSPS) is 19.6. The molecule has 4 heterocycles. The number of fused-ring (bicyclic) bond motifs is 1. The highest BCUT2D eigenvalue weighted by atomic mass is 32.2. The fourth-order valence-corrected chi connectivity index (χ4v) is 4.48. The molecule has 168 valence electrons. The number of anilines is 1. The summed E-state index contributed by atoms with van der Waals surface area (Å²) in [6.07, 6.45) is 4.70. The van der Waals surface area contributed by atoms with Gasteiger partial charge in [0.15, 0.2) is 5.17 Å². The molecule has 2 aliphatic heterocycles. The number of thioether (sulfide) groups is 1. The van der Waals surface area contributed by atoms with E-state index in [0.717, 1.165) is 25.3 Å². The van der Waals surface area contributed by atoms with Crippen molar-refractivity contribution in [2.45, 2.75) is 25.6 Å². The third kappa shape index (κ3) is 4.24. The smallest absolute Gasteiger partial charge is 0.275 e. The molecule has 1 atom stereocenters. The lowest BCUT2D eigenvalue weighted by Crippen LogP contribution is -2.28. The lowest BCUT2D eigenvalue weighted by atomic mass is 9.92. The molecule has 0 saturated carbocycles. The fraction of sp³-hybridized carbons (Fsp3) is 0.227. The lowest BCUT2D eigenvalue weighted by Gasteiger charge is -2.26. The van der Waals surface area contributed by atoms with Crippen molar-refractivity contribution in [3.63, 3.8) is 0 Å². The van der Waals surface area contributed by atoms with Crippen LogP contribution in [0.2, 0.25) is 0 Å². The largest absolute Gasteiger partial charge is 0.378 e. The molecule has 0 saturated heterocycles. The first-order valence-corrected chi connectivity index (χ1v) is 11.2. The zero-order valence-corrected chi connectivity index (χ0v) is 18.6. The number of nitrogens with one attached hydrogen (secondary N) is 2. The third-order valence-corrected chi connectivity index (χ3v) is 6.12. The maximum Gasteiger partial charge on any atom is 0.275 e. The topological polar surface area (TPSA) is 123 Å². The van der Waals surface area contributed by atoms with Crippen molar-refractivity contribution in [1.29, 1.82) is 0 Å². The van der Waals surface area contributed by atoms with Gasteiger partial charge in [-0.25, -0.2) is 14.4 Å². The molecule has 0 unspecified atom stereocenters. The van der Waals surface area contributed by atoms with Gasteiger partial charge < -0.3 is 16.4 Å². The van der Waals surface area contributed by atoms with Gasteiger partial charge in [0.2, 0.25) is 0 Å². The number of hydrogen-bond donors (Lipinski definition) is 3. The van der Waals surface area contributed by atoms with Crippen molar-refractivity contribution in [3.05, 3.63) is 70.9 Å².